The van der Waals surface area contributed by atoms with Crippen molar-refractivity contribution >= 4 is 56.7 Å². The molecule has 0 aliphatic carbocycles. The van der Waals surface area contributed by atoms with E-state index in [4.69, 9.17) is 0 Å². The van der Waals surface area contributed by atoms with E-state index in [1.54, 1.807) is 30.0 Å². The molecule has 168 valence electrons. The van der Waals surface area contributed by atoms with E-state index in [9.17, 15) is 19.8 Å². The lowest BCUT2D eigenvalue weighted by atomic mass is 9.77. The van der Waals surface area contributed by atoms with E-state index in [1.807, 2.05) is 42.5 Å². The Labute approximate surface area is 196 Å². The number of thiazole rings is 2. The van der Waals surface area contributed by atoms with Crippen LogP contribution in [0.1, 0.15) is 29.3 Å². The van der Waals surface area contributed by atoms with Gasteiger partial charge in [0.15, 0.2) is 0 Å². The van der Waals surface area contributed by atoms with Crippen LogP contribution in [0, 0.1) is 18.8 Å². The number of aliphatic hydroxyl groups is 1. The molecule has 5 rings (SSSR count). The summed E-state index contributed by atoms with van der Waals surface area (Å²) < 4.78 is 4.22. The Morgan fingerprint density at radius 3 is 2.78 bits per heavy atom. The molecule has 3 aromatic heterocycles. The van der Waals surface area contributed by atoms with Crippen LogP contribution < -0.4 is 4.57 Å². The molecule has 5 heterocycles. The molecule has 0 radical (unpaired) electrons. The molecular formula is C21H23N4O4S3+. The Kier molecular flexibility index (Phi) is 5.19. The van der Waals surface area contributed by atoms with Crippen molar-refractivity contribution in [3.63, 3.8) is 0 Å². The van der Waals surface area contributed by atoms with Crippen molar-refractivity contribution in [3.05, 3.63) is 39.2 Å². The maximum Gasteiger partial charge on any atom is 0.352 e. The average Bonchev–Trinajstić information content (AvgIpc) is 3.43. The summed E-state index contributed by atoms with van der Waals surface area (Å²) in [6.07, 6.45) is 5.21. The van der Waals surface area contributed by atoms with E-state index in [0.29, 0.717) is 5.57 Å². The van der Waals surface area contributed by atoms with Crippen LogP contribution in [0.5, 0.6) is 0 Å². The molecule has 32 heavy (non-hydrogen) atoms. The number of imidazole rings is 1. The van der Waals surface area contributed by atoms with Gasteiger partial charge in [0, 0.05) is 11.5 Å². The van der Waals surface area contributed by atoms with Crippen molar-refractivity contribution in [1.82, 2.24) is 14.3 Å². The third kappa shape index (κ3) is 2.98. The number of aliphatic hydroxyl groups excluding tert-OH is 1. The number of aliphatic carboxylic acids is 1. The number of nitrogens with zero attached hydrogens (tertiary/aromatic N) is 4. The number of carboxylic acids is 1. The van der Waals surface area contributed by atoms with Crippen LogP contribution in [-0.4, -0.2) is 54.8 Å². The van der Waals surface area contributed by atoms with Crippen molar-refractivity contribution in [2.45, 2.75) is 44.5 Å². The lowest BCUT2D eigenvalue weighted by Gasteiger charge is -2.46. The van der Waals surface area contributed by atoms with E-state index in [1.165, 1.54) is 21.1 Å². The van der Waals surface area contributed by atoms with Gasteiger partial charge in [-0.25, -0.2) is 14.3 Å². The van der Waals surface area contributed by atoms with Gasteiger partial charge in [-0.05, 0) is 20.1 Å². The van der Waals surface area contributed by atoms with Crippen LogP contribution >= 0.6 is 34.4 Å². The van der Waals surface area contributed by atoms with Crippen molar-refractivity contribution in [1.29, 1.82) is 0 Å². The molecule has 0 spiro atoms. The molecular weight excluding hydrogens is 468 g/mol. The zero-order valence-electron chi connectivity index (χ0n) is 18.0. The highest BCUT2D eigenvalue weighted by atomic mass is 32.2. The SMILES string of the molecule is CSc1c2sc(C3=C(C(=O)O)N4C(=O)[C@H]([C@@H](C)O)[C@H]4[C@H]3C)cn2c[n+]1Cc1scnc1C. The molecule has 1 saturated heterocycles. The molecule has 0 saturated carbocycles. The smallest absolute Gasteiger partial charge is 0.352 e. The van der Waals surface area contributed by atoms with Crippen LogP contribution in [0.3, 0.4) is 0 Å². The second kappa shape index (κ2) is 7.68. The molecule has 3 aromatic rings. The summed E-state index contributed by atoms with van der Waals surface area (Å²) in [6, 6.07) is -0.315. The Hall–Kier alpha value is -2.21. The monoisotopic (exact) mass is 491 g/mol. The minimum atomic E-state index is -1.11. The molecule has 1 amide bonds. The topological polar surface area (TPSA) is 99.0 Å². The van der Waals surface area contributed by atoms with Gasteiger partial charge in [-0.1, -0.05) is 30.0 Å². The first kappa shape index (κ1) is 21.6. The second-order valence-electron chi connectivity index (χ2n) is 8.24. The fraction of sp³-hybridized carbons (Fsp3) is 0.429. The molecule has 8 nitrogen and oxygen atoms in total. The van der Waals surface area contributed by atoms with Gasteiger partial charge in [-0.15, -0.1) is 11.3 Å². The first-order chi connectivity index (χ1) is 15.2. The predicted molar refractivity (Wildman–Crippen MR) is 123 cm³/mol. The van der Waals surface area contributed by atoms with Gasteiger partial charge < -0.3 is 15.1 Å². The second-order valence-corrected chi connectivity index (χ2v) is 11.0. The van der Waals surface area contributed by atoms with Crippen LogP contribution in [0.25, 0.3) is 10.4 Å². The number of aromatic nitrogens is 3. The standard InChI is InChI=1S/C21H22N4O4S3/c1-9-14(17(21(28)29)25-16(9)15(11(3)26)18(25)27)13-6-24-8-23(19(30-4)20(24)32-13)5-12-10(2)22-7-31-12/h6-9,11,15-16,26H,5H2,1-4H3/p+1/t9-,11+,15+,16+/m0/s1. The number of amides is 1. The highest BCUT2D eigenvalue weighted by Gasteiger charge is 2.60. The van der Waals surface area contributed by atoms with E-state index < -0.39 is 18.0 Å². The normalized spacial score (nSPS) is 23.7. The zero-order valence-corrected chi connectivity index (χ0v) is 20.4. The van der Waals surface area contributed by atoms with E-state index in [-0.39, 0.29) is 23.6 Å². The fourth-order valence-corrected chi connectivity index (χ4v) is 7.85. The Morgan fingerprint density at radius 2 is 2.19 bits per heavy atom. The quantitative estimate of drug-likeness (QED) is 0.312. The van der Waals surface area contributed by atoms with E-state index in [0.717, 1.165) is 27.0 Å². The lowest BCUT2D eigenvalue weighted by molar-refractivity contribution is -0.721. The number of thioether (sulfide) groups is 1. The Bertz CT molecular complexity index is 1290. The van der Waals surface area contributed by atoms with Crippen molar-refractivity contribution in [3.8, 4) is 0 Å². The van der Waals surface area contributed by atoms with Gasteiger partial charge in [0.2, 0.25) is 15.8 Å². The summed E-state index contributed by atoms with van der Waals surface area (Å²) in [6.45, 7) is 6.28. The van der Waals surface area contributed by atoms with E-state index >= 15 is 0 Å². The third-order valence-electron chi connectivity index (χ3n) is 6.40. The summed E-state index contributed by atoms with van der Waals surface area (Å²) >= 11 is 4.82. The van der Waals surface area contributed by atoms with Crippen LogP contribution in [0.2, 0.25) is 0 Å². The number of hydrogen-bond donors (Lipinski definition) is 2. The predicted octanol–water partition coefficient (Wildman–Crippen LogP) is 2.48. The molecule has 1 fully saturated rings. The summed E-state index contributed by atoms with van der Waals surface area (Å²) in [5, 5.41) is 21.1. The van der Waals surface area contributed by atoms with Crippen LogP contribution in [0.4, 0.5) is 0 Å². The number of rotatable bonds is 6. The highest BCUT2D eigenvalue weighted by Crippen LogP contribution is 2.51. The number of aryl methyl sites for hydroxylation is 1. The summed E-state index contributed by atoms with van der Waals surface area (Å²) in [7, 11) is 0. The number of fused-ring (bicyclic) bond motifs is 2. The van der Waals surface area contributed by atoms with E-state index in [2.05, 4.69) is 9.55 Å². The maximum atomic E-state index is 12.6. The third-order valence-corrected chi connectivity index (χ3v) is 9.40. The minimum Gasteiger partial charge on any atom is -0.477 e. The zero-order chi connectivity index (χ0) is 22.9. The minimum absolute atomic E-state index is 0.0489. The highest BCUT2D eigenvalue weighted by molar-refractivity contribution is 7.98. The molecule has 2 N–H and O–H groups in total. The van der Waals surface area contributed by atoms with Gasteiger partial charge in [0.05, 0.1) is 39.0 Å². The number of hydrogen-bond acceptors (Lipinski definition) is 7. The Morgan fingerprint density at radius 1 is 1.44 bits per heavy atom. The van der Waals surface area contributed by atoms with Gasteiger partial charge >= 0.3 is 5.97 Å². The molecule has 11 heteroatoms. The molecule has 0 unspecified atom stereocenters. The summed E-state index contributed by atoms with van der Waals surface area (Å²) in [4.78, 5) is 33.6. The fourth-order valence-electron chi connectivity index (χ4n) is 4.90. The van der Waals surface area contributed by atoms with Crippen LogP contribution in [0.15, 0.2) is 28.8 Å². The first-order valence-corrected chi connectivity index (χ1v) is 13.1. The lowest BCUT2D eigenvalue weighted by Crippen LogP contribution is -2.63. The molecule has 2 aliphatic heterocycles. The number of carboxylic acid groups (broad SMARTS) is 1. The maximum absolute atomic E-state index is 12.6. The summed E-state index contributed by atoms with van der Waals surface area (Å²) in [5.74, 6) is -2.15. The largest absolute Gasteiger partial charge is 0.477 e. The van der Waals surface area contributed by atoms with Gasteiger partial charge in [-0.2, -0.15) is 4.40 Å². The Balaban J connectivity index is 1.57. The molecule has 2 aliphatic rings. The number of β-lactam (4-membered cyclic amide) rings is 1. The molecule has 4 atom stereocenters. The van der Waals surface area contributed by atoms with Gasteiger partial charge in [0.1, 0.15) is 18.4 Å². The average molecular weight is 492 g/mol. The van der Waals surface area contributed by atoms with Crippen molar-refractivity contribution in [2.24, 2.45) is 11.8 Å². The number of carbonyl (C=O) groups is 2. The van der Waals surface area contributed by atoms with Crippen LogP contribution in [-0.2, 0) is 16.1 Å². The van der Waals surface area contributed by atoms with Crippen molar-refractivity contribution in [2.75, 3.05) is 6.26 Å². The molecule has 0 aromatic carbocycles. The summed E-state index contributed by atoms with van der Waals surface area (Å²) in [5.41, 5.74) is 3.60. The molecule has 0 bridgehead atoms. The number of carbonyl (C=O) groups excluding carboxylic acids is 1. The van der Waals surface area contributed by atoms with Gasteiger partial charge in [0.25, 0.3) is 6.33 Å². The first-order valence-electron chi connectivity index (χ1n) is 10.2. The van der Waals surface area contributed by atoms with Gasteiger partial charge in [-0.3, -0.25) is 4.79 Å². The van der Waals surface area contributed by atoms with Crippen molar-refractivity contribution < 1.29 is 24.4 Å².